The number of nitrogens with zero attached hydrogens (tertiary/aromatic N) is 2. The number of carbonyl (C=O) groups excluding carboxylic acids is 1. The van der Waals surface area contributed by atoms with Crippen molar-refractivity contribution in [3.63, 3.8) is 0 Å². The van der Waals surface area contributed by atoms with Crippen LogP contribution in [0.25, 0.3) is 11.0 Å². The summed E-state index contributed by atoms with van der Waals surface area (Å²) in [6.07, 6.45) is 1.49. The lowest BCUT2D eigenvalue weighted by Crippen LogP contribution is -2.40. The molecular weight excluding hydrogens is 402 g/mol. The van der Waals surface area contributed by atoms with Crippen molar-refractivity contribution in [3.05, 3.63) is 84.6 Å². The molecule has 1 atom stereocenters. The molecule has 5 nitrogen and oxygen atoms in total. The number of aromatic amines is 1. The van der Waals surface area contributed by atoms with Gasteiger partial charge in [0.25, 0.3) is 5.56 Å². The van der Waals surface area contributed by atoms with Gasteiger partial charge in [0.15, 0.2) is 0 Å². The first-order chi connectivity index (χ1) is 14.2. The molecule has 4 aromatic rings. The zero-order valence-corrected chi connectivity index (χ0v) is 17.3. The van der Waals surface area contributed by atoms with Gasteiger partial charge in [-0.3, -0.25) is 9.59 Å². The molecule has 0 aliphatic carbocycles. The average molecular weight is 422 g/mol. The molecule has 0 fully saturated rings. The topological polar surface area (TPSA) is 66.1 Å². The Kier molecular flexibility index (Phi) is 4.77. The molecule has 1 amide bonds. The van der Waals surface area contributed by atoms with E-state index in [1.807, 2.05) is 35.2 Å². The summed E-state index contributed by atoms with van der Waals surface area (Å²) in [5.74, 6) is 0.0645. The fourth-order valence-electron chi connectivity index (χ4n) is 3.94. The van der Waals surface area contributed by atoms with Gasteiger partial charge in [-0.05, 0) is 47.0 Å². The highest BCUT2D eigenvalue weighted by Gasteiger charge is 2.33. The van der Waals surface area contributed by atoms with E-state index < -0.39 is 0 Å². The number of rotatable bonds is 4. The summed E-state index contributed by atoms with van der Waals surface area (Å²) >= 11 is 3.44. The van der Waals surface area contributed by atoms with Crippen molar-refractivity contribution in [1.29, 1.82) is 0 Å². The largest absolute Gasteiger partial charge is 0.330 e. The molecule has 0 spiro atoms. The number of thiophene rings is 2. The van der Waals surface area contributed by atoms with Crippen molar-refractivity contribution >= 4 is 39.6 Å². The Bertz CT molecular complexity index is 1230. The highest BCUT2D eigenvalue weighted by Crippen LogP contribution is 2.39. The molecule has 1 N–H and O–H groups in total. The van der Waals surface area contributed by atoms with Crippen LogP contribution in [0.2, 0.25) is 0 Å². The Morgan fingerprint density at radius 3 is 2.90 bits per heavy atom. The van der Waals surface area contributed by atoms with Gasteiger partial charge in [-0.1, -0.05) is 18.2 Å². The Morgan fingerprint density at radius 2 is 2.03 bits per heavy atom. The minimum absolute atomic E-state index is 0.0275. The maximum atomic E-state index is 13.2. The van der Waals surface area contributed by atoms with Crippen LogP contribution in [0.15, 0.2) is 58.0 Å². The first-order valence-electron chi connectivity index (χ1n) is 9.58. The molecule has 146 valence electrons. The third kappa shape index (κ3) is 3.41. The van der Waals surface area contributed by atoms with Crippen LogP contribution in [0, 0.1) is 0 Å². The third-order valence-corrected chi connectivity index (χ3v) is 7.27. The molecule has 0 unspecified atom stereocenters. The van der Waals surface area contributed by atoms with E-state index in [1.54, 1.807) is 22.7 Å². The zero-order chi connectivity index (χ0) is 19.8. The zero-order valence-electron chi connectivity index (χ0n) is 15.6. The van der Waals surface area contributed by atoms with Crippen LogP contribution in [0.1, 0.15) is 33.5 Å². The smallest absolute Gasteiger partial charge is 0.270 e. The Hall–Kier alpha value is -2.77. The molecule has 7 heteroatoms. The first-order valence-corrected chi connectivity index (χ1v) is 11.3. The number of fused-ring (bicyclic) bond motifs is 2. The van der Waals surface area contributed by atoms with E-state index in [2.05, 4.69) is 32.9 Å². The molecule has 4 heterocycles. The second-order valence-electron chi connectivity index (χ2n) is 7.08. The summed E-state index contributed by atoms with van der Waals surface area (Å²) in [7, 11) is 0. The van der Waals surface area contributed by atoms with Crippen LogP contribution in [0.5, 0.6) is 0 Å². The van der Waals surface area contributed by atoms with Gasteiger partial charge in [0, 0.05) is 29.1 Å². The van der Waals surface area contributed by atoms with Crippen molar-refractivity contribution < 1.29 is 4.79 Å². The van der Waals surface area contributed by atoms with E-state index in [-0.39, 0.29) is 23.9 Å². The Labute approximate surface area is 175 Å². The number of hydrogen-bond acceptors (Lipinski definition) is 5. The van der Waals surface area contributed by atoms with E-state index in [0.29, 0.717) is 24.2 Å². The number of H-pyrrole nitrogens is 1. The van der Waals surface area contributed by atoms with Crippen LogP contribution >= 0.6 is 22.7 Å². The molecule has 0 bridgehead atoms. The van der Waals surface area contributed by atoms with Gasteiger partial charge in [0.1, 0.15) is 5.69 Å². The van der Waals surface area contributed by atoms with Gasteiger partial charge < -0.3 is 9.88 Å². The van der Waals surface area contributed by atoms with Crippen LogP contribution in [-0.4, -0.2) is 27.3 Å². The van der Waals surface area contributed by atoms with E-state index >= 15 is 0 Å². The van der Waals surface area contributed by atoms with Crippen molar-refractivity contribution in [1.82, 2.24) is 14.9 Å². The van der Waals surface area contributed by atoms with Gasteiger partial charge in [-0.15, -0.1) is 22.7 Å². The van der Waals surface area contributed by atoms with Gasteiger partial charge in [0.2, 0.25) is 5.91 Å². The summed E-state index contributed by atoms with van der Waals surface area (Å²) in [6.45, 7) is 0.705. The molecule has 1 aromatic carbocycles. The molecule has 0 saturated carbocycles. The number of amides is 1. The lowest BCUT2D eigenvalue weighted by Gasteiger charge is -2.35. The van der Waals surface area contributed by atoms with Crippen LogP contribution < -0.4 is 5.56 Å². The molecule has 1 aliphatic heterocycles. The highest BCUT2D eigenvalue weighted by atomic mass is 32.1. The molecule has 3 aromatic heterocycles. The summed E-state index contributed by atoms with van der Waals surface area (Å²) in [4.78, 5) is 37.4. The lowest BCUT2D eigenvalue weighted by atomic mass is 9.98. The van der Waals surface area contributed by atoms with Gasteiger partial charge in [-0.25, -0.2) is 4.98 Å². The Balaban J connectivity index is 1.39. The molecular formula is C22H19N3O2S2. The summed E-state index contributed by atoms with van der Waals surface area (Å²) in [6, 6.07) is 13.7. The molecule has 1 aliphatic rings. The van der Waals surface area contributed by atoms with Gasteiger partial charge >= 0.3 is 0 Å². The van der Waals surface area contributed by atoms with Crippen molar-refractivity contribution in [2.24, 2.45) is 0 Å². The number of hydrogen-bond donors (Lipinski definition) is 1. The average Bonchev–Trinajstić information content (AvgIpc) is 3.43. The number of para-hydroxylation sites is 2. The molecule has 29 heavy (non-hydrogen) atoms. The van der Waals surface area contributed by atoms with Crippen molar-refractivity contribution in [2.75, 3.05) is 6.54 Å². The molecule has 5 rings (SSSR count). The fourth-order valence-corrected chi connectivity index (χ4v) is 5.70. The number of nitrogens with one attached hydrogen (secondary N) is 1. The second-order valence-corrected chi connectivity index (χ2v) is 9.06. The predicted octanol–water partition coefficient (Wildman–Crippen LogP) is 4.15. The number of carbonyl (C=O) groups is 1. The van der Waals surface area contributed by atoms with Gasteiger partial charge in [-0.2, -0.15) is 0 Å². The predicted molar refractivity (Wildman–Crippen MR) is 117 cm³/mol. The van der Waals surface area contributed by atoms with Gasteiger partial charge in [0.05, 0.1) is 17.1 Å². The first kappa shape index (κ1) is 18.3. The van der Waals surface area contributed by atoms with E-state index in [9.17, 15) is 9.59 Å². The van der Waals surface area contributed by atoms with Crippen molar-refractivity contribution in [2.45, 2.75) is 25.3 Å². The summed E-state index contributed by atoms with van der Waals surface area (Å²) < 4.78 is 0. The van der Waals surface area contributed by atoms with Crippen molar-refractivity contribution in [3.8, 4) is 0 Å². The standard InChI is InChI=1S/C22H19N3O2S2/c26-20(8-7-17-22(27)24-16-5-2-1-4-15(16)23-17)25-11-9-18-14(10-13-29-18)21(25)19-6-3-12-28-19/h1-6,10,12-13,21H,7-9,11H2,(H,24,27)/t21-/m1/s1. The highest BCUT2D eigenvalue weighted by molar-refractivity contribution is 7.10. The van der Waals surface area contributed by atoms with Crippen LogP contribution in [0.3, 0.4) is 0 Å². The minimum atomic E-state index is -0.218. The fraction of sp³-hybridized carbons (Fsp3) is 0.227. The van der Waals surface area contributed by atoms with E-state index in [0.717, 1.165) is 11.9 Å². The maximum absolute atomic E-state index is 13.2. The number of benzene rings is 1. The maximum Gasteiger partial charge on any atom is 0.270 e. The summed E-state index contributed by atoms with van der Waals surface area (Å²) in [5, 5.41) is 4.16. The lowest BCUT2D eigenvalue weighted by molar-refractivity contribution is -0.133. The molecule has 0 saturated heterocycles. The number of aryl methyl sites for hydroxylation is 1. The Morgan fingerprint density at radius 1 is 1.14 bits per heavy atom. The molecule has 0 radical (unpaired) electrons. The summed E-state index contributed by atoms with van der Waals surface area (Å²) in [5.41, 5.74) is 2.89. The quantitative estimate of drug-likeness (QED) is 0.538. The SMILES string of the molecule is O=C(CCc1nc2ccccc2[nH]c1=O)N1CCc2sccc2[C@@H]1c1cccs1. The normalized spacial score (nSPS) is 16.1. The second kappa shape index (κ2) is 7.57. The van der Waals surface area contributed by atoms with E-state index in [4.69, 9.17) is 0 Å². The van der Waals surface area contributed by atoms with Crippen LogP contribution in [-0.2, 0) is 17.6 Å². The minimum Gasteiger partial charge on any atom is -0.330 e. The third-order valence-electron chi connectivity index (χ3n) is 5.34. The monoisotopic (exact) mass is 421 g/mol. The number of aromatic nitrogens is 2. The van der Waals surface area contributed by atoms with E-state index in [1.165, 1.54) is 15.3 Å². The van der Waals surface area contributed by atoms with Crippen LogP contribution in [0.4, 0.5) is 0 Å².